The molecule has 148 valence electrons. The molecule has 1 amide bonds. The molecule has 1 heterocycles. The van der Waals surface area contributed by atoms with Crippen molar-refractivity contribution in [3.63, 3.8) is 0 Å². The van der Waals surface area contributed by atoms with Crippen molar-refractivity contribution in [2.75, 3.05) is 25.0 Å². The lowest BCUT2D eigenvalue weighted by molar-refractivity contribution is -0.151. The van der Waals surface area contributed by atoms with E-state index in [2.05, 4.69) is 5.32 Å². The molecule has 27 heavy (non-hydrogen) atoms. The molecular weight excluding hydrogens is 368 g/mol. The summed E-state index contributed by atoms with van der Waals surface area (Å²) in [6, 6.07) is 6.08. The van der Waals surface area contributed by atoms with E-state index in [0.29, 0.717) is 18.8 Å². The number of sulfonamides is 1. The van der Waals surface area contributed by atoms with Crippen molar-refractivity contribution in [1.82, 2.24) is 4.31 Å². The van der Waals surface area contributed by atoms with Crippen LogP contribution in [0.4, 0.5) is 5.69 Å². The normalized spacial score (nSPS) is 19.0. The van der Waals surface area contributed by atoms with Crippen molar-refractivity contribution in [1.29, 1.82) is 0 Å². The van der Waals surface area contributed by atoms with Gasteiger partial charge in [-0.25, -0.2) is 8.42 Å². The second-order valence-corrected chi connectivity index (χ2v) is 9.06. The second kappa shape index (κ2) is 8.84. The lowest BCUT2D eigenvalue weighted by Gasteiger charge is -2.25. The van der Waals surface area contributed by atoms with Gasteiger partial charge in [-0.05, 0) is 49.9 Å². The van der Waals surface area contributed by atoms with Gasteiger partial charge in [0.05, 0.1) is 10.8 Å². The number of hydrogen-bond donors (Lipinski definition) is 1. The molecule has 1 aliphatic carbocycles. The molecule has 8 heteroatoms. The molecule has 3 rings (SSSR count). The van der Waals surface area contributed by atoms with Gasteiger partial charge in [0.25, 0.3) is 5.91 Å². The Hall–Kier alpha value is -1.93. The van der Waals surface area contributed by atoms with Gasteiger partial charge in [-0.2, -0.15) is 4.31 Å². The van der Waals surface area contributed by atoms with E-state index in [1.54, 1.807) is 12.1 Å². The van der Waals surface area contributed by atoms with Crippen LogP contribution in [0.15, 0.2) is 29.2 Å². The Morgan fingerprint density at radius 1 is 1.00 bits per heavy atom. The van der Waals surface area contributed by atoms with Gasteiger partial charge in [-0.3, -0.25) is 9.59 Å². The number of esters is 1. The van der Waals surface area contributed by atoms with Gasteiger partial charge in [-0.15, -0.1) is 0 Å². The Labute approximate surface area is 160 Å². The standard InChI is InChI=1S/C19H26N2O5S/c22-18(14-26-19(23)15-6-2-3-7-15)20-16-8-10-17(11-9-16)27(24,25)21-12-4-1-5-13-21/h8-11,15H,1-7,12-14H2,(H,20,22). The van der Waals surface area contributed by atoms with Gasteiger partial charge in [0.2, 0.25) is 10.0 Å². The summed E-state index contributed by atoms with van der Waals surface area (Å²) in [4.78, 5) is 24.0. The highest BCUT2D eigenvalue weighted by molar-refractivity contribution is 7.89. The van der Waals surface area contributed by atoms with Crippen molar-refractivity contribution in [2.24, 2.45) is 5.92 Å². The Morgan fingerprint density at radius 3 is 2.26 bits per heavy atom. The predicted molar refractivity (Wildman–Crippen MR) is 101 cm³/mol. The van der Waals surface area contributed by atoms with E-state index in [-0.39, 0.29) is 23.4 Å². The Morgan fingerprint density at radius 2 is 1.63 bits per heavy atom. The maximum absolute atomic E-state index is 12.6. The number of nitrogens with zero attached hydrogens (tertiary/aromatic N) is 1. The molecular formula is C19H26N2O5S. The van der Waals surface area contributed by atoms with Crippen LogP contribution in [0.25, 0.3) is 0 Å². The third-order valence-corrected chi connectivity index (χ3v) is 7.04. The summed E-state index contributed by atoms with van der Waals surface area (Å²) in [7, 11) is -3.49. The van der Waals surface area contributed by atoms with Crippen LogP contribution in [-0.2, 0) is 24.3 Å². The smallest absolute Gasteiger partial charge is 0.309 e. The van der Waals surface area contributed by atoms with Crippen molar-refractivity contribution in [2.45, 2.75) is 49.8 Å². The Kier molecular flexibility index (Phi) is 6.49. The zero-order chi connectivity index (χ0) is 19.3. The Bertz CT molecular complexity index is 764. The minimum absolute atomic E-state index is 0.0860. The monoisotopic (exact) mass is 394 g/mol. The minimum Gasteiger partial charge on any atom is -0.455 e. The molecule has 0 bridgehead atoms. The number of benzene rings is 1. The summed E-state index contributed by atoms with van der Waals surface area (Å²) in [6.07, 6.45) is 6.53. The Balaban J connectivity index is 1.52. The molecule has 1 saturated carbocycles. The van der Waals surface area contributed by atoms with Crippen molar-refractivity contribution in [3.8, 4) is 0 Å². The number of piperidine rings is 1. The van der Waals surface area contributed by atoms with E-state index < -0.39 is 15.9 Å². The van der Waals surface area contributed by atoms with Crippen LogP contribution in [0.3, 0.4) is 0 Å². The molecule has 0 atom stereocenters. The molecule has 2 fully saturated rings. The number of carbonyl (C=O) groups is 2. The fourth-order valence-corrected chi connectivity index (χ4v) is 5.09. The highest BCUT2D eigenvalue weighted by atomic mass is 32.2. The van der Waals surface area contributed by atoms with Gasteiger partial charge >= 0.3 is 5.97 Å². The number of nitrogens with one attached hydrogen (secondary N) is 1. The van der Waals surface area contributed by atoms with E-state index in [1.165, 1.54) is 16.4 Å². The van der Waals surface area contributed by atoms with Gasteiger partial charge in [0, 0.05) is 18.8 Å². The lowest BCUT2D eigenvalue weighted by Crippen LogP contribution is -2.35. The third-order valence-electron chi connectivity index (χ3n) is 5.12. The fourth-order valence-electron chi connectivity index (χ4n) is 3.58. The summed E-state index contributed by atoms with van der Waals surface area (Å²) in [6.45, 7) is 0.767. The maximum atomic E-state index is 12.6. The highest BCUT2D eigenvalue weighted by Gasteiger charge is 2.26. The lowest BCUT2D eigenvalue weighted by atomic mass is 10.1. The summed E-state index contributed by atoms with van der Waals surface area (Å²) in [5, 5.41) is 2.62. The second-order valence-electron chi connectivity index (χ2n) is 7.13. The van der Waals surface area contributed by atoms with Crippen LogP contribution in [-0.4, -0.2) is 44.3 Å². The molecule has 2 aliphatic rings. The first-order valence-electron chi connectivity index (χ1n) is 9.53. The van der Waals surface area contributed by atoms with Crippen LogP contribution in [0.1, 0.15) is 44.9 Å². The van der Waals surface area contributed by atoms with Crippen LogP contribution in [0, 0.1) is 5.92 Å². The summed E-state index contributed by atoms with van der Waals surface area (Å²) < 4.78 is 31.8. The number of hydrogen-bond acceptors (Lipinski definition) is 5. The maximum Gasteiger partial charge on any atom is 0.309 e. The molecule has 0 aromatic heterocycles. The topological polar surface area (TPSA) is 92.8 Å². The van der Waals surface area contributed by atoms with E-state index in [1.807, 2.05) is 0 Å². The first kappa shape index (κ1) is 19.8. The van der Waals surface area contributed by atoms with Crippen LogP contribution in [0.5, 0.6) is 0 Å². The minimum atomic E-state index is -3.49. The summed E-state index contributed by atoms with van der Waals surface area (Å²) in [5.41, 5.74) is 0.467. The van der Waals surface area contributed by atoms with Gasteiger partial charge in [0.1, 0.15) is 0 Å². The zero-order valence-corrected chi connectivity index (χ0v) is 16.2. The van der Waals surface area contributed by atoms with Crippen LogP contribution in [0.2, 0.25) is 0 Å². The van der Waals surface area contributed by atoms with Gasteiger partial charge < -0.3 is 10.1 Å². The average molecular weight is 394 g/mol. The highest BCUT2D eigenvalue weighted by Crippen LogP contribution is 2.26. The third kappa shape index (κ3) is 5.07. The number of amides is 1. The first-order chi connectivity index (χ1) is 13.0. The first-order valence-corrected chi connectivity index (χ1v) is 11.0. The zero-order valence-electron chi connectivity index (χ0n) is 15.4. The molecule has 1 saturated heterocycles. The number of anilines is 1. The molecule has 0 unspecified atom stereocenters. The molecule has 0 spiro atoms. The summed E-state index contributed by atoms with van der Waals surface area (Å²) in [5.74, 6) is -0.837. The number of carbonyl (C=O) groups excluding carboxylic acids is 2. The van der Waals surface area contributed by atoms with E-state index in [0.717, 1.165) is 44.9 Å². The molecule has 1 aliphatic heterocycles. The molecule has 1 N–H and O–H groups in total. The molecule has 7 nitrogen and oxygen atoms in total. The predicted octanol–water partition coefficient (Wildman–Crippen LogP) is 2.53. The molecule has 0 radical (unpaired) electrons. The van der Waals surface area contributed by atoms with Gasteiger partial charge in [0.15, 0.2) is 6.61 Å². The van der Waals surface area contributed by atoms with Crippen molar-refractivity contribution < 1.29 is 22.7 Å². The molecule has 1 aromatic carbocycles. The van der Waals surface area contributed by atoms with Crippen LogP contribution >= 0.6 is 0 Å². The fraction of sp³-hybridized carbons (Fsp3) is 0.579. The SMILES string of the molecule is O=C(COC(=O)C1CCCC1)Nc1ccc(S(=O)(=O)N2CCCCC2)cc1. The van der Waals surface area contributed by atoms with E-state index in [9.17, 15) is 18.0 Å². The number of rotatable bonds is 6. The van der Waals surface area contributed by atoms with E-state index >= 15 is 0 Å². The molecule has 1 aromatic rings. The largest absolute Gasteiger partial charge is 0.455 e. The van der Waals surface area contributed by atoms with Gasteiger partial charge in [-0.1, -0.05) is 19.3 Å². The van der Waals surface area contributed by atoms with Crippen molar-refractivity contribution in [3.05, 3.63) is 24.3 Å². The van der Waals surface area contributed by atoms with Crippen molar-refractivity contribution >= 4 is 27.6 Å². The van der Waals surface area contributed by atoms with E-state index in [4.69, 9.17) is 4.74 Å². The quantitative estimate of drug-likeness (QED) is 0.749. The number of ether oxygens (including phenoxy) is 1. The summed E-state index contributed by atoms with van der Waals surface area (Å²) >= 11 is 0. The average Bonchev–Trinajstić information content (AvgIpc) is 3.22. The van der Waals surface area contributed by atoms with Crippen LogP contribution < -0.4 is 5.32 Å².